The zero-order valence-electron chi connectivity index (χ0n) is 11.2. The van der Waals surface area contributed by atoms with Gasteiger partial charge in [0.2, 0.25) is 0 Å². The molecule has 0 aliphatic heterocycles. The highest BCUT2D eigenvalue weighted by atomic mass is 79.9. The van der Waals surface area contributed by atoms with Crippen molar-refractivity contribution in [2.75, 3.05) is 11.2 Å². The summed E-state index contributed by atoms with van der Waals surface area (Å²) >= 11 is 8.74. The molecule has 0 fully saturated rings. The highest BCUT2D eigenvalue weighted by Crippen LogP contribution is 2.18. The summed E-state index contributed by atoms with van der Waals surface area (Å²) in [6, 6.07) is 11.9. The molecule has 0 heterocycles. The van der Waals surface area contributed by atoms with Crippen LogP contribution in [0.25, 0.3) is 0 Å². The molecule has 2 rings (SSSR count). The summed E-state index contributed by atoms with van der Waals surface area (Å²) in [4.78, 5) is 12.1. The van der Waals surface area contributed by atoms with E-state index in [2.05, 4.69) is 21.2 Å². The van der Waals surface area contributed by atoms with Gasteiger partial charge < -0.3 is 5.32 Å². The fourth-order valence-corrected chi connectivity index (χ4v) is 2.30. The number of anilines is 1. The summed E-state index contributed by atoms with van der Waals surface area (Å²) in [5.74, 6) is -0.191. The average Bonchev–Trinajstić information content (AvgIpc) is 2.48. The minimum atomic E-state index is -0.460. The van der Waals surface area contributed by atoms with E-state index in [1.165, 1.54) is 12.1 Å². The molecule has 0 aliphatic carbocycles. The number of benzene rings is 2. The summed E-state index contributed by atoms with van der Waals surface area (Å²) < 4.78 is 13.8. The number of hydrogen-bond acceptors (Lipinski definition) is 1. The zero-order chi connectivity index (χ0) is 15.2. The summed E-state index contributed by atoms with van der Waals surface area (Å²) in [6.07, 6.45) is 1.75. The molecule has 1 amide bonds. The molecule has 0 saturated heterocycles. The Bertz CT molecular complexity index is 648. The highest BCUT2D eigenvalue weighted by molar-refractivity contribution is 9.10. The summed E-state index contributed by atoms with van der Waals surface area (Å²) in [7, 11) is 0. The number of alkyl halides is 1. The molecular weight excluding hydrogens is 357 g/mol. The van der Waals surface area contributed by atoms with Crippen LogP contribution in [0.4, 0.5) is 10.1 Å². The third-order valence-corrected chi connectivity index (χ3v) is 3.88. The first-order chi connectivity index (χ1) is 10.1. The molecule has 1 N–H and O–H groups in total. The van der Waals surface area contributed by atoms with Crippen LogP contribution in [0.3, 0.4) is 0 Å². The lowest BCUT2D eigenvalue weighted by Crippen LogP contribution is -2.12. The van der Waals surface area contributed by atoms with Crippen LogP contribution in [-0.2, 0) is 6.42 Å². The molecule has 0 atom stereocenters. The number of carbonyl (C=O) groups excluding carboxylic acids is 1. The smallest absolute Gasteiger partial charge is 0.255 e. The Morgan fingerprint density at radius 1 is 1.24 bits per heavy atom. The van der Waals surface area contributed by atoms with Crippen molar-refractivity contribution in [3.8, 4) is 0 Å². The molecule has 110 valence electrons. The third kappa shape index (κ3) is 4.55. The van der Waals surface area contributed by atoms with Gasteiger partial charge in [0.05, 0.1) is 4.47 Å². The van der Waals surface area contributed by atoms with Crippen LogP contribution in [0.2, 0.25) is 0 Å². The fraction of sp³-hybridized carbons (Fsp3) is 0.188. The van der Waals surface area contributed by atoms with Gasteiger partial charge in [-0.2, -0.15) is 0 Å². The first-order valence-electron chi connectivity index (χ1n) is 6.51. The summed E-state index contributed by atoms with van der Waals surface area (Å²) in [5.41, 5.74) is 2.08. The molecule has 2 nitrogen and oxygen atoms in total. The van der Waals surface area contributed by atoms with Crippen molar-refractivity contribution in [3.05, 3.63) is 63.9 Å². The van der Waals surface area contributed by atoms with E-state index in [4.69, 9.17) is 11.6 Å². The van der Waals surface area contributed by atoms with Gasteiger partial charge in [0.1, 0.15) is 5.82 Å². The Hall–Kier alpha value is -1.39. The van der Waals surface area contributed by atoms with Gasteiger partial charge in [-0.25, -0.2) is 4.39 Å². The number of hydrogen-bond donors (Lipinski definition) is 1. The van der Waals surface area contributed by atoms with Crippen molar-refractivity contribution in [2.45, 2.75) is 12.8 Å². The lowest BCUT2D eigenvalue weighted by Gasteiger charge is -2.08. The average molecular weight is 371 g/mol. The molecule has 0 saturated carbocycles. The molecule has 0 radical (unpaired) electrons. The maximum absolute atomic E-state index is 13.4. The molecule has 0 aromatic heterocycles. The predicted octanol–water partition coefficient (Wildman–Crippen LogP) is 5.01. The fourth-order valence-electron chi connectivity index (χ4n) is 1.92. The van der Waals surface area contributed by atoms with Gasteiger partial charge in [-0.15, -0.1) is 11.6 Å². The first kappa shape index (κ1) is 16.0. The van der Waals surface area contributed by atoms with Crippen LogP contribution >= 0.6 is 27.5 Å². The zero-order valence-corrected chi connectivity index (χ0v) is 13.5. The Kier molecular flexibility index (Phi) is 5.76. The van der Waals surface area contributed by atoms with Crippen LogP contribution in [0.5, 0.6) is 0 Å². The van der Waals surface area contributed by atoms with Gasteiger partial charge in [0, 0.05) is 17.1 Å². The van der Waals surface area contributed by atoms with Crippen molar-refractivity contribution in [1.82, 2.24) is 0 Å². The Labute approximate surface area is 136 Å². The van der Waals surface area contributed by atoms with Crippen LogP contribution in [0.1, 0.15) is 22.3 Å². The molecule has 2 aromatic carbocycles. The van der Waals surface area contributed by atoms with Crippen molar-refractivity contribution < 1.29 is 9.18 Å². The van der Waals surface area contributed by atoms with Crippen LogP contribution in [0.15, 0.2) is 46.9 Å². The monoisotopic (exact) mass is 369 g/mol. The summed E-state index contributed by atoms with van der Waals surface area (Å²) in [6.45, 7) is 0. The van der Waals surface area contributed by atoms with E-state index in [1.807, 2.05) is 18.2 Å². The molecule has 0 bridgehead atoms. The molecule has 5 heteroatoms. The second-order valence-corrected chi connectivity index (χ2v) is 5.81. The lowest BCUT2D eigenvalue weighted by atomic mass is 10.1. The van der Waals surface area contributed by atoms with E-state index in [-0.39, 0.29) is 11.5 Å². The van der Waals surface area contributed by atoms with E-state index in [1.54, 1.807) is 12.1 Å². The van der Waals surface area contributed by atoms with Crippen LogP contribution in [-0.4, -0.2) is 11.8 Å². The van der Waals surface area contributed by atoms with E-state index in [9.17, 15) is 9.18 Å². The minimum Gasteiger partial charge on any atom is -0.322 e. The Balaban J connectivity index is 2.10. The predicted molar refractivity (Wildman–Crippen MR) is 87.5 cm³/mol. The third-order valence-electron chi connectivity index (χ3n) is 2.97. The van der Waals surface area contributed by atoms with Crippen LogP contribution < -0.4 is 5.32 Å². The largest absolute Gasteiger partial charge is 0.322 e. The topological polar surface area (TPSA) is 29.1 Å². The Morgan fingerprint density at radius 2 is 2.05 bits per heavy atom. The number of rotatable bonds is 5. The van der Waals surface area contributed by atoms with Gasteiger partial charge in [0.25, 0.3) is 5.91 Å². The molecule has 0 unspecified atom stereocenters. The quantitative estimate of drug-likeness (QED) is 0.736. The SMILES string of the molecule is O=C(Nc1cccc(CCCCl)c1)c1ccc(Br)c(F)c1. The van der Waals surface area contributed by atoms with Gasteiger partial charge in [-0.05, 0) is 64.7 Å². The molecular formula is C16H14BrClFNO. The molecule has 21 heavy (non-hydrogen) atoms. The maximum Gasteiger partial charge on any atom is 0.255 e. The summed E-state index contributed by atoms with van der Waals surface area (Å²) in [5, 5.41) is 2.77. The van der Waals surface area contributed by atoms with Gasteiger partial charge in [-0.1, -0.05) is 12.1 Å². The second kappa shape index (κ2) is 7.57. The van der Waals surface area contributed by atoms with Gasteiger partial charge in [-0.3, -0.25) is 4.79 Å². The van der Waals surface area contributed by atoms with Crippen molar-refractivity contribution >= 4 is 39.1 Å². The van der Waals surface area contributed by atoms with Crippen molar-refractivity contribution in [3.63, 3.8) is 0 Å². The first-order valence-corrected chi connectivity index (χ1v) is 7.84. The van der Waals surface area contributed by atoms with Crippen molar-refractivity contribution in [1.29, 1.82) is 0 Å². The van der Waals surface area contributed by atoms with Gasteiger partial charge >= 0.3 is 0 Å². The number of carbonyl (C=O) groups is 1. The van der Waals surface area contributed by atoms with E-state index in [0.29, 0.717) is 16.0 Å². The van der Waals surface area contributed by atoms with E-state index < -0.39 is 5.82 Å². The normalized spacial score (nSPS) is 10.4. The van der Waals surface area contributed by atoms with E-state index in [0.717, 1.165) is 18.4 Å². The maximum atomic E-state index is 13.4. The van der Waals surface area contributed by atoms with Gasteiger partial charge in [0.15, 0.2) is 0 Å². The number of nitrogens with one attached hydrogen (secondary N) is 1. The van der Waals surface area contributed by atoms with Crippen LogP contribution in [0, 0.1) is 5.82 Å². The molecule has 2 aromatic rings. The number of halogens is 3. The Morgan fingerprint density at radius 3 is 2.76 bits per heavy atom. The second-order valence-electron chi connectivity index (χ2n) is 4.58. The number of amides is 1. The lowest BCUT2D eigenvalue weighted by molar-refractivity contribution is 0.102. The van der Waals surface area contributed by atoms with E-state index >= 15 is 0 Å². The molecule has 0 spiro atoms. The standard InChI is InChI=1S/C16H14BrClFNO/c17-14-7-6-12(10-15(14)19)16(21)20-13-5-1-3-11(9-13)4-2-8-18/h1,3,5-7,9-10H,2,4,8H2,(H,20,21). The molecule has 0 aliphatic rings. The highest BCUT2D eigenvalue weighted by Gasteiger charge is 2.09. The minimum absolute atomic E-state index is 0.280. The van der Waals surface area contributed by atoms with Crippen molar-refractivity contribution in [2.24, 2.45) is 0 Å². The number of aryl methyl sites for hydroxylation is 1.